The second kappa shape index (κ2) is 7.05. The molecule has 0 aromatic heterocycles. The van der Waals surface area contributed by atoms with Gasteiger partial charge in [-0.3, -0.25) is 0 Å². The largest absolute Gasteiger partial charge is 0.508 e. The maximum Gasteiger partial charge on any atom is 0.117 e. The zero-order valence-corrected chi connectivity index (χ0v) is 9.36. The molecular formula is C10H14Cl2O. The molecule has 1 aromatic rings. The molecule has 0 aliphatic rings. The molecule has 0 aliphatic carbocycles. The number of rotatable bonds is 1. The van der Waals surface area contributed by atoms with Gasteiger partial charge in [-0.05, 0) is 18.2 Å². The van der Waals surface area contributed by atoms with Gasteiger partial charge in [0, 0.05) is 0 Å². The minimum Gasteiger partial charge on any atom is -0.508 e. The number of halogens is 2. The molecule has 1 nitrogen and oxygen atoms in total. The van der Waals surface area contributed by atoms with Crippen molar-refractivity contribution in [2.24, 2.45) is 0 Å². The van der Waals surface area contributed by atoms with Crippen LogP contribution in [0.15, 0.2) is 18.2 Å². The summed E-state index contributed by atoms with van der Waals surface area (Å²) in [5.41, 5.74) is 0. The van der Waals surface area contributed by atoms with Crippen molar-refractivity contribution in [3.63, 3.8) is 0 Å². The van der Waals surface area contributed by atoms with Gasteiger partial charge in [0.15, 0.2) is 0 Å². The van der Waals surface area contributed by atoms with E-state index in [4.69, 9.17) is 28.3 Å². The van der Waals surface area contributed by atoms with Gasteiger partial charge in [0.25, 0.3) is 0 Å². The maximum absolute atomic E-state index is 8.79. The van der Waals surface area contributed by atoms with Gasteiger partial charge in [-0.25, -0.2) is 0 Å². The second-order valence-electron chi connectivity index (χ2n) is 2.60. The summed E-state index contributed by atoms with van der Waals surface area (Å²) in [7, 11) is 0. The normalized spacial score (nSPS) is 8.92. The zero-order valence-electron chi connectivity index (χ0n) is 7.85. The molecule has 0 radical (unpaired) electrons. The molecule has 13 heavy (non-hydrogen) atoms. The first-order valence-electron chi connectivity index (χ1n) is 4.25. The third-order valence-corrected chi connectivity index (χ3v) is 2.14. The predicted octanol–water partition coefficient (Wildman–Crippen LogP) is 4.51. The SMILES string of the molecule is CCCC.Oc1ccc(Cl)c(Cl)c1. The Morgan fingerprint density at radius 2 is 1.62 bits per heavy atom. The van der Waals surface area contributed by atoms with E-state index in [0.29, 0.717) is 10.0 Å². The molecule has 0 atom stereocenters. The minimum absolute atomic E-state index is 0.129. The number of phenolic OH excluding ortho intramolecular Hbond substituents is 1. The monoisotopic (exact) mass is 220 g/mol. The fourth-order valence-corrected chi connectivity index (χ4v) is 0.777. The molecule has 1 N–H and O–H groups in total. The highest BCUT2D eigenvalue weighted by Crippen LogP contribution is 2.24. The Hall–Kier alpha value is -0.400. The molecule has 1 aromatic carbocycles. The number of phenols is 1. The lowest BCUT2D eigenvalue weighted by atomic mass is 10.3. The van der Waals surface area contributed by atoms with Crippen LogP contribution < -0.4 is 0 Å². The van der Waals surface area contributed by atoms with E-state index >= 15 is 0 Å². The summed E-state index contributed by atoms with van der Waals surface area (Å²) < 4.78 is 0. The molecule has 0 bridgehead atoms. The second-order valence-corrected chi connectivity index (χ2v) is 3.41. The van der Waals surface area contributed by atoms with Crippen molar-refractivity contribution in [3.05, 3.63) is 28.2 Å². The van der Waals surface area contributed by atoms with Crippen molar-refractivity contribution in [1.82, 2.24) is 0 Å². The van der Waals surface area contributed by atoms with Gasteiger partial charge in [0.05, 0.1) is 10.0 Å². The summed E-state index contributed by atoms with van der Waals surface area (Å²) >= 11 is 11.1. The predicted molar refractivity (Wildman–Crippen MR) is 58.7 cm³/mol. The Kier molecular flexibility index (Phi) is 6.83. The van der Waals surface area contributed by atoms with Crippen LogP contribution in [0.4, 0.5) is 0 Å². The van der Waals surface area contributed by atoms with E-state index in [2.05, 4.69) is 13.8 Å². The summed E-state index contributed by atoms with van der Waals surface area (Å²) in [5, 5.41) is 9.62. The standard InChI is InChI=1S/C6H4Cl2O.C4H10/c7-5-2-1-4(9)3-6(5)8;1-3-4-2/h1-3,9H;3-4H2,1-2H3. The Bertz CT molecular complexity index is 247. The third kappa shape index (κ3) is 5.78. The number of hydrogen-bond acceptors (Lipinski definition) is 1. The first-order valence-corrected chi connectivity index (χ1v) is 5.01. The summed E-state index contributed by atoms with van der Waals surface area (Å²) in [6, 6.07) is 4.41. The molecule has 3 heteroatoms. The van der Waals surface area contributed by atoms with Crippen LogP contribution in [0.1, 0.15) is 26.7 Å². The van der Waals surface area contributed by atoms with Crippen molar-refractivity contribution >= 4 is 23.2 Å². The van der Waals surface area contributed by atoms with Crippen molar-refractivity contribution in [1.29, 1.82) is 0 Å². The fraction of sp³-hybridized carbons (Fsp3) is 0.400. The van der Waals surface area contributed by atoms with Crippen LogP contribution in [0.3, 0.4) is 0 Å². The topological polar surface area (TPSA) is 20.2 Å². The highest BCUT2D eigenvalue weighted by atomic mass is 35.5. The molecule has 74 valence electrons. The first-order chi connectivity index (χ1) is 6.11. The molecule has 0 saturated carbocycles. The van der Waals surface area contributed by atoms with Crippen LogP contribution in [-0.4, -0.2) is 5.11 Å². The van der Waals surface area contributed by atoms with Crippen LogP contribution in [-0.2, 0) is 0 Å². The molecule has 0 amide bonds. The molecular weight excluding hydrogens is 207 g/mol. The van der Waals surface area contributed by atoms with E-state index in [1.165, 1.54) is 25.0 Å². The van der Waals surface area contributed by atoms with Crippen LogP contribution in [0.5, 0.6) is 5.75 Å². The minimum atomic E-state index is 0.129. The van der Waals surface area contributed by atoms with E-state index in [0.717, 1.165) is 0 Å². The molecule has 0 spiro atoms. The van der Waals surface area contributed by atoms with Gasteiger partial charge in [0.2, 0.25) is 0 Å². The fourth-order valence-electron chi connectivity index (χ4n) is 0.485. The van der Waals surface area contributed by atoms with Gasteiger partial charge < -0.3 is 5.11 Å². The number of unbranched alkanes of at least 4 members (excludes halogenated alkanes) is 1. The van der Waals surface area contributed by atoms with E-state index in [1.54, 1.807) is 6.07 Å². The Morgan fingerprint density at radius 1 is 1.08 bits per heavy atom. The summed E-state index contributed by atoms with van der Waals surface area (Å²) in [5.74, 6) is 0.129. The Labute approximate surface area is 89.3 Å². The van der Waals surface area contributed by atoms with Crippen molar-refractivity contribution in [2.75, 3.05) is 0 Å². The summed E-state index contributed by atoms with van der Waals surface area (Å²) in [4.78, 5) is 0. The highest BCUT2D eigenvalue weighted by molar-refractivity contribution is 6.42. The number of aromatic hydroxyl groups is 1. The van der Waals surface area contributed by atoms with E-state index in [9.17, 15) is 0 Å². The first kappa shape index (κ1) is 12.6. The van der Waals surface area contributed by atoms with E-state index in [1.807, 2.05) is 0 Å². The van der Waals surface area contributed by atoms with Gasteiger partial charge in [-0.2, -0.15) is 0 Å². The van der Waals surface area contributed by atoms with Crippen molar-refractivity contribution < 1.29 is 5.11 Å². The zero-order chi connectivity index (χ0) is 10.3. The maximum atomic E-state index is 8.79. The number of hydrogen-bond donors (Lipinski definition) is 1. The third-order valence-electron chi connectivity index (χ3n) is 1.40. The molecule has 0 fully saturated rings. The molecule has 0 saturated heterocycles. The molecule has 1 rings (SSSR count). The van der Waals surface area contributed by atoms with E-state index in [-0.39, 0.29) is 5.75 Å². The van der Waals surface area contributed by atoms with Crippen molar-refractivity contribution in [2.45, 2.75) is 26.7 Å². The van der Waals surface area contributed by atoms with Crippen LogP contribution >= 0.6 is 23.2 Å². The highest BCUT2D eigenvalue weighted by Gasteiger charge is 1.95. The lowest BCUT2D eigenvalue weighted by molar-refractivity contribution is 0.475. The van der Waals surface area contributed by atoms with Crippen molar-refractivity contribution in [3.8, 4) is 5.75 Å². The quantitative estimate of drug-likeness (QED) is 0.739. The van der Waals surface area contributed by atoms with Crippen LogP contribution in [0.2, 0.25) is 10.0 Å². The summed E-state index contributed by atoms with van der Waals surface area (Å²) in [6.07, 6.45) is 2.64. The Balaban J connectivity index is 0.000000310. The van der Waals surface area contributed by atoms with Gasteiger partial charge in [-0.1, -0.05) is 49.9 Å². The van der Waals surface area contributed by atoms with Crippen LogP contribution in [0, 0.1) is 0 Å². The lowest BCUT2D eigenvalue weighted by Crippen LogP contribution is -1.66. The lowest BCUT2D eigenvalue weighted by Gasteiger charge is -1.93. The van der Waals surface area contributed by atoms with Gasteiger partial charge >= 0.3 is 0 Å². The number of benzene rings is 1. The smallest absolute Gasteiger partial charge is 0.117 e. The molecule has 0 heterocycles. The summed E-state index contributed by atoms with van der Waals surface area (Å²) in [6.45, 7) is 4.36. The molecule has 0 unspecified atom stereocenters. The average Bonchev–Trinajstić information content (AvgIpc) is 2.12. The van der Waals surface area contributed by atoms with Gasteiger partial charge in [-0.15, -0.1) is 0 Å². The average molecular weight is 221 g/mol. The van der Waals surface area contributed by atoms with Gasteiger partial charge in [0.1, 0.15) is 5.75 Å². The molecule has 0 aliphatic heterocycles. The van der Waals surface area contributed by atoms with E-state index < -0.39 is 0 Å². The Morgan fingerprint density at radius 3 is 1.92 bits per heavy atom. The van der Waals surface area contributed by atoms with Crippen LogP contribution in [0.25, 0.3) is 0 Å².